The summed E-state index contributed by atoms with van der Waals surface area (Å²) in [7, 11) is -8.63. The van der Waals surface area contributed by atoms with E-state index in [0.29, 0.717) is 28.3 Å². The van der Waals surface area contributed by atoms with Gasteiger partial charge in [0.05, 0.1) is 10.6 Å². The summed E-state index contributed by atoms with van der Waals surface area (Å²) in [5.74, 6) is 0.758. The first-order valence-electron chi connectivity index (χ1n) is 15.5. The van der Waals surface area contributed by atoms with Gasteiger partial charge in [0.1, 0.15) is 21.8 Å². The van der Waals surface area contributed by atoms with Crippen LogP contribution in [0.1, 0.15) is 50.0 Å². The van der Waals surface area contributed by atoms with Gasteiger partial charge in [0.25, 0.3) is 25.2 Å². The minimum atomic E-state index is -4.45. The van der Waals surface area contributed by atoms with Crippen molar-refractivity contribution in [3.63, 3.8) is 0 Å². The minimum Gasteiger partial charge on any atom is -0.456 e. The van der Waals surface area contributed by atoms with Crippen molar-refractivity contribution in [1.82, 2.24) is 0 Å². The average Bonchev–Trinajstić information content (AvgIpc) is 3.54. The Hall–Kier alpha value is -4.14. The second kappa shape index (κ2) is 11.8. The molecule has 0 spiro atoms. The third kappa shape index (κ3) is 6.01. The molecule has 10 nitrogen and oxygen atoms in total. The molecule has 48 heavy (non-hydrogen) atoms. The molecule has 0 amide bonds. The molecule has 3 heterocycles. The van der Waals surface area contributed by atoms with Crippen LogP contribution in [0, 0.1) is 0 Å². The van der Waals surface area contributed by atoms with Crippen LogP contribution in [0.25, 0.3) is 37.7 Å². The lowest BCUT2D eigenvalue weighted by Crippen LogP contribution is -2.28. The van der Waals surface area contributed by atoms with Crippen molar-refractivity contribution < 1.29 is 35.3 Å². The molecule has 248 valence electrons. The van der Waals surface area contributed by atoms with Crippen LogP contribution >= 0.6 is 11.3 Å². The monoisotopic (exact) mass is 705 g/mol. The lowest BCUT2D eigenvalue weighted by atomic mass is 9.83. The first kappa shape index (κ1) is 32.4. The molecule has 0 fully saturated rings. The number of aromatic nitrogens is 1. The van der Waals surface area contributed by atoms with E-state index >= 15 is 0 Å². The van der Waals surface area contributed by atoms with Gasteiger partial charge in [-0.15, -0.1) is 0 Å². The smallest absolute Gasteiger partial charge is 0.294 e. The summed E-state index contributed by atoms with van der Waals surface area (Å²) in [6.07, 6.45) is 6.46. The number of benzene rings is 3. The van der Waals surface area contributed by atoms with Crippen molar-refractivity contribution in [2.24, 2.45) is 0 Å². The molecule has 13 heteroatoms. The number of para-hydroxylation sites is 1. The van der Waals surface area contributed by atoms with Gasteiger partial charge in [-0.3, -0.25) is 13.9 Å². The molecule has 3 N–H and O–H groups in total. The van der Waals surface area contributed by atoms with Crippen LogP contribution < -0.4 is 15.3 Å². The highest BCUT2D eigenvalue weighted by molar-refractivity contribution is 7.86. The van der Waals surface area contributed by atoms with Gasteiger partial charge in [0.2, 0.25) is 5.52 Å². The van der Waals surface area contributed by atoms with Crippen LogP contribution in [-0.2, 0) is 32.1 Å². The van der Waals surface area contributed by atoms with Gasteiger partial charge in [0.15, 0.2) is 5.43 Å². The maximum absolute atomic E-state index is 13.3. The van der Waals surface area contributed by atoms with Gasteiger partial charge >= 0.3 is 0 Å². The Kier molecular flexibility index (Phi) is 7.95. The number of aromatic amines is 1. The molecule has 7 rings (SSSR count). The van der Waals surface area contributed by atoms with Crippen LogP contribution in [0.15, 0.2) is 92.6 Å². The van der Waals surface area contributed by atoms with Crippen LogP contribution in [0.4, 0.5) is 5.69 Å². The first-order chi connectivity index (χ1) is 22.7. The Morgan fingerprint density at radius 3 is 2.54 bits per heavy atom. The number of allylic oxidation sites excluding steroid dienone is 4. The summed E-state index contributed by atoms with van der Waals surface area (Å²) < 4.78 is 73.5. The molecule has 0 saturated heterocycles. The first-order valence-corrected chi connectivity index (χ1v) is 19.3. The highest BCUT2D eigenvalue weighted by Gasteiger charge is 2.40. The number of hydrogen-bond donors (Lipinski definition) is 2. The van der Waals surface area contributed by atoms with E-state index in [-0.39, 0.29) is 23.3 Å². The number of rotatable bonds is 7. The Balaban J connectivity index is 1.28. The molecule has 0 bridgehead atoms. The number of nitrogens with one attached hydrogen (secondary N) is 1. The number of anilines is 1. The van der Waals surface area contributed by atoms with Crippen LogP contribution in [0.5, 0.6) is 0 Å². The van der Waals surface area contributed by atoms with Crippen molar-refractivity contribution in [3.8, 4) is 21.9 Å². The van der Waals surface area contributed by atoms with E-state index in [1.807, 2.05) is 61.2 Å². The second-order valence-electron chi connectivity index (χ2n) is 12.7. The number of fused-ring (bicyclic) bond motifs is 4. The minimum absolute atomic E-state index is 0.130. The molecule has 0 saturated carbocycles. The van der Waals surface area contributed by atoms with Crippen molar-refractivity contribution >= 4 is 53.1 Å². The van der Waals surface area contributed by atoms with E-state index < -0.39 is 31.4 Å². The fraction of sp³-hybridized carbons (Fsp3) is 0.257. The largest absolute Gasteiger partial charge is 0.456 e. The zero-order chi connectivity index (χ0) is 34.0. The van der Waals surface area contributed by atoms with Crippen molar-refractivity contribution in [2.75, 3.05) is 17.2 Å². The highest BCUT2D eigenvalue weighted by atomic mass is 32.2. The Bertz CT molecular complexity index is 2390. The van der Waals surface area contributed by atoms with Crippen LogP contribution in [0.2, 0.25) is 0 Å². The van der Waals surface area contributed by atoms with E-state index in [0.717, 1.165) is 56.9 Å². The number of H-pyrrole nitrogens is 1. The van der Waals surface area contributed by atoms with Gasteiger partial charge in [-0.05, 0) is 84.9 Å². The van der Waals surface area contributed by atoms with Gasteiger partial charge < -0.3 is 9.32 Å². The summed E-state index contributed by atoms with van der Waals surface area (Å²) in [5, 5.41) is 0.790. The molecule has 3 aromatic rings. The van der Waals surface area contributed by atoms with Crippen molar-refractivity contribution in [1.29, 1.82) is 0 Å². The van der Waals surface area contributed by atoms with E-state index in [1.54, 1.807) is 6.07 Å². The Labute approximate surface area is 281 Å². The summed E-state index contributed by atoms with van der Waals surface area (Å²) in [4.78, 5) is 18.3. The zero-order valence-corrected chi connectivity index (χ0v) is 28.6. The standard InChI is InChI=1S/C35H32N2O8S3/c1-35(2)26-19-24(48(42,43)44)12-13-28(26)37(15-6-16-47(39,40)41)32(35)14-11-21-7-5-8-22-17-23-18-25(29(38)20-30(23)45-33(21)22)34-36-27-9-3-4-10-31(27)46-34/h3-4,9-14,17-20H,5-8,15-16H2,1-2H3,(H,39,40,41)(H,42,43,44)/p+1. The summed E-state index contributed by atoms with van der Waals surface area (Å²) in [6, 6.07) is 17.8. The third-order valence-corrected chi connectivity index (χ3v) is 11.9. The van der Waals surface area contributed by atoms with Gasteiger partial charge in [-0.1, -0.05) is 43.4 Å². The maximum atomic E-state index is 13.3. The van der Waals surface area contributed by atoms with E-state index in [2.05, 4.69) is 11.1 Å². The van der Waals surface area contributed by atoms with E-state index in [9.17, 15) is 30.7 Å². The molecule has 0 atom stereocenters. The second-order valence-corrected chi connectivity index (χ2v) is 16.8. The Morgan fingerprint density at radius 2 is 1.79 bits per heavy atom. The topological polar surface area (TPSA) is 156 Å². The number of hydrogen-bond acceptors (Lipinski definition) is 8. The summed E-state index contributed by atoms with van der Waals surface area (Å²) in [6.45, 7) is 4.11. The molecule has 4 aliphatic rings. The van der Waals surface area contributed by atoms with Crippen LogP contribution in [0.3, 0.4) is 0 Å². The molecule has 2 aromatic carbocycles. The lowest BCUT2D eigenvalue weighted by molar-refractivity contribution is -0.325. The molecular formula is C35H33N2O8S3+. The molecule has 2 aliphatic heterocycles. The summed E-state index contributed by atoms with van der Waals surface area (Å²) >= 11 is 1.53. The van der Waals surface area contributed by atoms with Crippen LogP contribution in [-0.4, -0.2) is 38.2 Å². The van der Waals surface area contributed by atoms with Gasteiger partial charge in [-0.2, -0.15) is 21.8 Å². The quantitative estimate of drug-likeness (QED) is 0.184. The molecule has 0 radical (unpaired) electrons. The van der Waals surface area contributed by atoms with Gasteiger partial charge in [-0.25, -0.2) is 0 Å². The molecular weight excluding hydrogens is 673 g/mol. The summed E-state index contributed by atoms with van der Waals surface area (Å²) in [5.41, 5.74) is 5.61. The fourth-order valence-electron chi connectivity index (χ4n) is 6.76. The van der Waals surface area contributed by atoms with E-state index in [4.69, 9.17) is 4.42 Å². The number of thiazole rings is 1. The predicted molar refractivity (Wildman–Crippen MR) is 186 cm³/mol. The SMILES string of the molecule is CC1(C)C(=CC=C2CCCc3cc4cc(-c5[nH+]c6ccccc6s5)c(=O)cc-4oc32)N(CCCS(=O)(=O)O)c2ccc(S(=O)(=O)O)cc21. The fourth-order valence-corrected chi connectivity index (χ4v) is 8.79. The van der Waals surface area contributed by atoms with Gasteiger partial charge in [0, 0.05) is 41.0 Å². The lowest BCUT2D eigenvalue weighted by Gasteiger charge is -2.27. The third-order valence-electron chi connectivity index (χ3n) is 9.11. The average molecular weight is 706 g/mol. The number of aryl methyl sites for hydroxylation is 1. The molecule has 2 aliphatic carbocycles. The predicted octanol–water partition coefficient (Wildman–Crippen LogP) is 6.37. The Morgan fingerprint density at radius 1 is 1.00 bits per heavy atom. The maximum Gasteiger partial charge on any atom is 0.294 e. The zero-order valence-electron chi connectivity index (χ0n) is 26.2. The molecule has 0 unspecified atom stereocenters. The van der Waals surface area contributed by atoms with E-state index in [1.165, 1.54) is 29.5 Å². The molecule has 1 aromatic heterocycles. The van der Waals surface area contributed by atoms with Crippen molar-refractivity contribution in [2.45, 2.75) is 49.8 Å². The normalized spacial score (nSPS) is 17.8. The van der Waals surface area contributed by atoms with Crippen molar-refractivity contribution in [3.05, 3.63) is 106 Å². The number of nitrogens with zero attached hydrogens (tertiary/aromatic N) is 1. The highest BCUT2D eigenvalue weighted by Crippen LogP contribution is 2.49.